The first kappa shape index (κ1) is 19.6. The minimum Gasteiger partial charge on any atom is -0.350 e. The number of thiazole rings is 2. The Labute approximate surface area is 152 Å². The number of aliphatic imine (C=N–C) groups is 1. The second-order valence-corrected chi connectivity index (χ2v) is 8.17. The van der Waals surface area contributed by atoms with Crippen molar-refractivity contribution in [2.75, 3.05) is 7.05 Å². The molecular weight excluding hydrogens is 371 g/mol. The van der Waals surface area contributed by atoms with E-state index in [-0.39, 0.29) is 12.0 Å². The molecule has 0 fully saturated rings. The Bertz CT molecular complexity index is 670. The van der Waals surface area contributed by atoms with Gasteiger partial charge in [0.15, 0.2) is 11.7 Å². The summed E-state index contributed by atoms with van der Waals surface area (Å²) in [5.41, 5.74) is 0.157. The summed E-state index contributed by atoms with van der Waals surface area (Å²) in [6, 6.07) is 0. The molecule has 0 spiro atoms. The second kappa shape index (κ2) is 7.69. The van der Waals surface area contributed by atoms with Crippen molar-refractivity contribution in [1.82, 2.24) is 20.6 Å². The molecule has 2 N–H and O–H groups in total. The number of halogens is 3. The molecule has 0 unspecified atom stereocenters. The van der Waals surface area contributed by atoms with Crippen molar-refractivity contribution >= 4 is 28.6 Å². The van der Waals surface area contributed by atoms with Crippen molar-refractivity contribution in [2.45, 2.75) is 45.5 Å². The topological polar surface area (TPSA) is 62.2 Å². The summed E-state index contributed by atoms with van der Waals surface area (Å²) < 4.78 is 37.6. The molecule has 0 radical (unpaired) electrons. The van der Waals surface area contributed by atoms with E-state index < -0.39 is 11.9 Å². The predicted octanol–water partition coefficient (Wildman–Crippen LogP) is 3.78. The number of nitrogens with one attached hydrogen (secondary N) is 2. The van der Waals surface area contributed by atoms with Crippen LogP contribution in [0.1, 0.15) is 42.2 Å². The average Bonchev–Trinajstić information content (AvgIpc) is 3.15. The molecule has 0 saturated carbocycles. The van der Waals surface area contributed by atoms with Crippen LogP contribution in [-0.2, 0) is 24.7 Å². The van der Waals surface area contributed by atoms with Gasteiger partial charge in [-0.25, -0.2) is 9.97 Å². The van der Waals surface area contributed by atoms with Gasteiger partial charge in [0.25, 0.3) is 0 Å². The van der Waals surface area contributed by atoms with Gasteiger partial charge in [-0.15, -0.1) is 22.7 Å². The summed E-state index contributed by atoms with van der Waals surface area (Å²) in [5.74, 6) is 0.483. The Morgan fingerprint density at radius 2 is 1.48 bits per heavy atom. The van der Waals surface area contributed by atoms with E-state index in [1.165, 1.54) is 0 Å². The molecule has 25 heavy (non-hydrogen) atoms. The van der Waals surface area contributed by atoms with Crippen LogP contribution in [0.4, 0.5) is 13.2 Å². The van der Waals surface area contributed by atoms with Gasteiger partial charge in [0.1, 0.15) is 10.0 Å². The summed E-state index contributed by atoms with van der Waals surface area (Å²) in [7, 11) is 1.60. The van der Waals surface area contributed by atoms with Crippen LogP contribution in [0.15, 0.2) is 15.8 Å². The normalized spacial score (nSPS) is 13.2. The third-order valence-electron chi connectivity index (χ3n) is 3.20. The summed E-state index contributed by atoms with van der Waals surface area (Å²) in [6.45, 7) is 6.96. The van der Waals surface area contributed by atoms with Gasteiger partial charge in [-0.05, 0) is 0 Å². The van der Waals surface area contributed by atoms with E-state index in [9.17, 15) is 13.2 Å². The summed E-state index contributed by atoms with van der Waals surface area (Å²) in [6.07, 6.45) is -4.41. The summed E-state index contributed by atoms with van der Waals surface area (Å²) in [5, 5.41) is 10.4. The first-order valence-electron chi connectivity index (χ1n) is 7.50. The fourth-order valence-corrected chi connectivity index (χ4v) is 3.50. The van der Waals surface area contributed by atoms with Crippen molar-refractivity contribution in [1.29, 1.82) is 0 Å². The number of rotatable bonds is 4. The number of alkyl halides is 3. The Morgan fingerprint density at radius 3 is 1.84 bits per heavy atom. The lowest BCUT2D eigenvalue weighted by Crippen LogP contribution is -2.36. The second-order valence-electron chi connectivity index (χ2n) is 6.28. The van der Waals surface area contributed by atoms with E-state index in [1.807, 2.05) is 5.38 Å². The molecule has 0 saturated heterocycles. The van der Waals surface area contributed by atoms with Crippen LogP contribution in [0, 0.1) is 0 Å². The van der Waals surface area contributed by atoms with Crippen molar-refractivity contribution < 1.29 is 13.2 Å². The fraction of sp³-hybridized carbons (Fsp3) is 0.533. The summed E-state index contributed by atoms with van der Waals surface area (Å²) in [4.78, 5) is 12.2. The number of nitrogens with zero attached hydrogens (tertiary/aromatic N) is 3. The molecule has 0 aliphatic rings. The Hall–Kier alpha value is -1.68. The SMILES string of the molecule is CN=C(NCc1nc(C(C)(C)C)cs1)NCc1nc(C(F)(F)F)cs1. The van der Waals surface area contributed by atoms with Gasteiger partial charge in [0.05, 0.1) is 18.8 Å². The van der Waals surface area contributed by atoms with E-state index in [0.29, 0.717) is 17.5 Å². The molecule has 2 rings (SSSR count). The van der Waals surface area contributed by atoms with Crippen molar-refractivity contribution in [3.05, 3.63) is 32.2 Å². The van der Waals surface area contributed by atoms with E-state index in [1.54, 1.807) is 18.4 Å². The Kier molecular flexibility index (Phi) is 6.04. The number of hydrogen-bond acceptors (Lipinski definition) is 5. The van der Waals surface area contributed by atoms with Crippen LogP contribution < -0.4 is 10.6 Å². The first-order valence-corrected chi connectivity index (χ1v) is 9.26. The molecule has 0 aromatic carbocycles. The van der Waals surface area contributed by atoms with E-state index in [0.717, 1.165) is 27.4 Å². The quantitative estimate of drug-likeness (QED) is 0.615. The lowest BCUT2D eigenvalue weighted by molar-refractivity contribution is -0.140. The molecule has 10 heteroatoms. The van der Waals surface area contributed by atoms with Gasteiger partial charge < -0.3 is 10.6 Å². The standard InChI is InChI=1S/C15H20F3N5S2/c1-14(2,3)9-7-24-11(22-9)5-20-13(19-4)21-6-12-23-10(8-25-12)15(16,17)18/h7-8H,5-6H2,1-4H3,(H2,19,20,21). The van der Waals surface area contributed by atoms with E-state index >= 15 is 0 Å². The monoisotopic (exact) mass is 391 g/mol. The highest BCUT2D eigenvalue weighted by atomic mass is 32.1. The van der Waals surface area contributed by atoms with E-state index in [2.05, 4.69) is 46.4 Å². The van der Waals surface area contributed by atoms with Gasteiger partial charge in [-0.3, -0.25) is 4.99 Å². The zero-order valence-corrected chi connectivity index (χ0v) is 16.0. The minimum atomic E-state index is -4.41. The van der Waals surface area contributed by atoms with Gasteiger partial charge in [-0.1, -0.05) is 20.8 Å². The highest BCUT2D eigenvalue weighted by Crippen LogP contribution is 2.29. The first-order chi connectivity index (χ1) is 11.6. The fourth-order valence-electron chi connectivity index (χ4n) is 1.80. The molecular formula is C15H20F3N5S2. The van der Waals surface area contributed by atoms with Crippen molar-refractivity contribution in [2.24, 2.45) is 4.99 Å². The van der Waals surface area contributed by atoms with Gasteiger partial charge in [-0.2, -0.15) is 13.2 Å². The summed E-state index contributed by atoms with van der Waals surface area (Å²) >= 11 is 2.52. The number of aromatic nitrogens is 2. The molecule has 138 valence electrons. The predicted molar refractivity (Wildman–Crippen MR) is 95.0 cm³/mol. The lowest BCUT2D eigenvalue weighted by Gasteiger charge is -2.14. The minimum absolute atomic E-state index is 0.00426. The Morgan fingerprint density at radius 1 is 1.00 bits per heavy atom. The molecule has 5 nitrogen and oxygen atoms in total. The lowest BCUT2D eigenvalue weighted by atomic mass is 9.93. The molecule has 0 amide bonds. The molecule has 0 atom stereocenters. The average molecular weight is 391 g/mol. The Balaban J connectivity index is 1.87. The number of hydrogen-bond donors (Lipinski definition) is 2. The van der Waals surface area contributed by atoms with Crippen LogP contribution in [0.2, 0.25) is 0 Å². The van der Waals surface area contributed by atoms with Gasteiger partial charge >= 0.3 is 6.18 Å². The third-order valence-corrected chi connectivity index (χ3v) is 4.90. The molecule has 2 aromatic heterocycles. The maximum atomic E-state index is 12.5. The van der Waals surface area contributed by atoms with Crippen LogP contribution in [0.25, 0.3) is 0 Å². The smallest absolute Gasteiger partial charge is 0.350 e. The maximum absolute atomic E-state index is 12.5. The molecule has 2 heterocycles. The highest BCUT2D eigenvalue weighted by molar-refractivity contribution is 7.09. The van der Waals surface area contributed by atoms with Crippen LogP contribution in [0.3, 0.4) is 0 Å². The largest absolute Gasteiger partial charge is 0.434 e. The van der Waals surface area contributed by atoms with E-state index in [4.69, 9.17) is 0 Å². The molecule has 0 aliphatic carbocycles. The van der Waals surface area contributed by atoms with Gasteiger partial charge in [0.2, 0.25) is 0 Å². The molecule has 2 aromatic rings. The van der Waals surface area contributed by atoms with Gasteiger partial charge in [0, 0.05) is 23.2 Å². The third kappa shape index (κ3) is 5.67. The zero-order chi connectivity index (χ0) is 18.7. The van der Waals surface area contributed by atoms with Crippen LogP contribution in [0.5, 0.6) is 0 Å². The van der Waals surface area contributed by atoms with Crippen LogP contribution in [-0.4, -0.2) is 23.0 Å². The maximum Gasteiger partial charge on any atom is 0.434 e. The van der Waals surface area contributed by atoms with Crippen molar-refractivity contribution in [3.8, 4) is 0 Å². The zero-order valence-electron chi connectivity index (χ0n) is 14.4. The highest BCUT2D eigenvalue weighted by Gasteiger charge is 2.33. The van der Waals surface area contributed by atoms with Crippen LogP contribution >= 0.6 is 22.7 Å². The molecule has 0 aliphatic heterocycles. The number of guanidine groups is 1. The molecule has 0 bridgehead atoms. The van der Waals surface area contributed by atoms with Crippen molar-refractivity contribution in [3.63, 3.8) is 0 Å².